The Balaban J connectivity index is 1.65. The molecule has 2 aromatic carbocycles. The first-order chi connectivity index (χ1) is 15.6. The van der Waals surface area contributed by atoms with E-state index in [1.54, 1.807) is 19.1 Å². The maximum Gasteiger partial charge on any atom is 0.416 e. The summed E-state index contributed by atoms with van der Waals surface area (Å²) in [6.07, 6.45) is -3.90. The summed E-state index contributed by atoms with van der Waals surface area (Å²) in [6.45, 7) is 2.60. The zero-order valence-electron chi connectivity index (χ0n) is 17.5. The maximum absolute atomic E-state index is 13.3. The van der Waals surface area contributed by atoms with Gasteiger partial charge in [0.15, 0.2) is 0 Å². The lowest BCUT2D eigenvalue weighted by molar-refractivity contribution is -0.137. The molecule has 1 atom stereocenters. The summed E-state index contributed by atoms with van der Waals surface area (Å²) >= 11 is 1.35. The Hall–Kier alpha value is -3.17. The van der Waals surface area contributed by atoms with E-state index in [0.717, 1.165) is 28.1 Å². The molecule has 1 aliphatic rings. The van der Waals surface area contributed by atoms with Crippen molar-refractivity contribution in [2.45, 2.75) is 32.2 Å². The maximum atomic E-state index is 13.3. The number of nitrogens with one attached hydrogen (secondary N) is 1. The van der Waals surface area contributed by atoms with Crippen LogP contribution in [0.1, 0.15) is 55.2 Å². The number of carbonyl (C=O) groups is 2. The number of alkyl halides is 3. The van der Waals surface area contributed by atoms with Crippen LogP contribution in [-0.2, 0) is 23.9 Å². The number of carbonyl (C=O) groups excluding carboxylic acids is 1. The van der Waals surface area contributed by atoms with Crippen molar-refractivity contribution in [1.82, 2.24) is 5.32 Å². The fourth-order valence-corrected chi connectivity index (χ4v) is 5.04. The summed E-state index contributed by atoms with van der Waals surface area (Å²) in [6, 6.07) is 10.6. The molecule has 2 N–H and O–H groups in total. The van der Waals surface area contributed by atoms with Crippen molar-refractivity contribution in [3.63, 3.8) is 0 Å². The first-order valence-corrected chi connectivity index (χ1v) is 11.0. The average Bonchev–Trinajstić information content (AvgIpc) is 3.18. The van der Waals surface area contributed by atoms with Gasteiger partial charge in [0.05, 0.1) is 35.9 Å². The summed E-state index contributed by atoms with van der Waals surface area (Å²) < 4.78 is 44.4. The highest BCUT2D eigenvalue weighted by Crippen LogP contribution is 2.40. The van der Waals surface area contributed by atoms with Gasteiger partial charge in [-0.25, -0.2) is 4.79 Å². The molecular weight excluding hydrogens is 455 g/mol. The lowest BCUT2D eigenvalue weighted by Gasteiger charge is -2.18. The van der Waals surface area contributed by atoms with Crippen LogP contribution in [0.5, 0.6) is 0 Å². The number of halogens is 3. The summed E-state index contributed by atoms with van der Waals surface area (Å²) in [7, 11) is 0. The predicted molar refractivity (Wildman–Crippen MR) is 117 cm³/mol. The molecule has 3 aromatic rings. The second-order valence-corrected chi connectivity index (χ2v) is 8.81. The van der Waals surface area contributed by atoms with E-state index in [-0.39, 0.29) is 11.5 Å². The molecule has 0 spiro atoms. The molecule has 0 aliphatic carbocycles. The van der Waals surface area contributed by atoms with Crippen LogP contribution in [0.15, 0.2) is 48.5 Å². The fourth-order valence-electron chi connectivity index (χ4n) is 3.75. The van der Waals surface area contributed by atoms with E-state index in [1.165, 1.54) is 35.6 Å². The normalized spacial score (nSPS) is 14.4. The van der Waals surface area contributed by atoms with Gasteiger partial charge in [-0.1, -0.05) is 24.3 Å². The molecule has 172 valence electrons. The first-order valence-electron chi connectivity index (χ1n) is 10.2. The molecule has 0 saturated heterocycles. The number of thiophene rings is 1. The smallest absolute Gasteiger partial charge is 0.416 e. The number of carboxylic acid groups (broad SMARTS) is 1. The molecule has 5 nitrogen and oxygen atoms in total. The first kappa shape index (κ1) is 23.0. The van der Waals surface area contributed by atoms with Gasteiger partial charge in [0.1, 0.15) is 0 Å². The summed E-state index contributed by atoms with van der Waals surface area (Å²) in [5, 5.41) is 12.0. The minimum atomic E-state index is -4.44. The van der Waals surface area contributed by atoms with Crippen molar-refractivity contribution in [3.8, 4) is 10.4 Å². The molecule has 0 bridgehead atoms. The lowest BCUT2D eigenvalue weighted by atomic mass is 9.99. The molecule has 0 radical (unpaired) electrons. The monoisotopic (exact) mass is 475 g/mol. The van der Waals surface area contributed by atoms with Gasteiger partial charge in [-0.05, 0) is 54.3 Å². The molecule has 0 fully saturated rings. The van der Waals surface area contributed by atoms with Crippen LogP contribution in [0.3, 0.4) is 0 Å². The van der Waals surface area contributed by atoms with Crippen molar-refractivity contribution in [3.05, 3.63) is 81.2 Å². The molecule has 4 rings (SSSR count). The Labute approximate surface area is 191 Å². The number of benzene rings is 2. The number of ether oxygens (including phenoxy) is 1. The molecule has 0 saturated carbocycles. The van der Waals surface area contributed by atoms with E-state index in [1.807, 2.05) is 0 Å². The SMILES string of the molecule is C[C@H](NC(=O)c1c(-c2ccc(C(F)(F)F)cc2)sc2c1CCOC2)c1ccc(C(=O)O)cc1. The number of aromatic carboxylic acids is 1. The van der Waals surface area contributed by atoms with Gasteiger partial charge in [-0.3, -0.25) is 4.79 Å². The van der Waals surface area contributed by atoms with E-state index in [2.05, 4.69) is 5.32 Å². The van der Waals surface area contributed by atoms with Crippen LogP contribution in [-0.4, -0.2) is 23.6 Å². The lowest BCUT2D eigenvalue weighted by Crippen LogP contribution is -2.28. The number of fused-ring (bicyclic) bond motifs is 1. The molecule has 33 heavy (non-hydrogen) atoms. The molecule has 1 amide bonds. The molecule has 9 heteroatoms. The third kappa shape index (κ3) is 4.79. The summed E-state index contributed by atoms with van der Waals surface area (Å²) in [4.78, 5) is 25.9. The van der Waals surface area contributed by atoms with Crippen molar-refractivity contribution >= 4 is 23.2 Å². The minimum Gasteiger partial charge on any atom is -0.478 e. The van der Waals surface area contributed by atoms with Crippen molar-refractivity contribution in [1.29, 1.82) is 0 Å². The Morgan fingerprint density at radius 2 is 1.76 bits per heavy atom. The van der Waals surface area contributed by atoms with Gasteiger partial charge in [-0.2, -0.15) is 13.2 Å². The number of hydrogen-bond acceptors (Lipinski definition) is 4. The second kappa shape index (κ2) is 8.99. The standard InChI is InChI=1S/C24H20F3NO4S/c1-13(14-2-4-16(5-3-14)23(30)31)28-22(29)20-18-10-11-32-12-19(18)33-21(20)15-6-8-17(9-7-15)24(25,26)27/h2-9,13H,10-12H2,1H3,(H,28,29)(H,30,31)/t13-/m0/s1. The molecule has 1 aromatic heterocycles. The van der Waals surface area contributed by atoms with E-state index in [9.17, 15) is 22.8 Å². The third-order valence-electron chi connectivity index (χ3n) is 5.53. The number of rotatable bonds is 5. The topological polar surface area (TPSA) is 75.6 Å². The Morgan fingerprint density at radius 1 is 1.09 bits per heavy atom. The van der Waals surface area contributed by atoms with Crippen LogP contribution < -0.4 is 5.32 Å². The van der Waals surface area contributed by atoms with E-state index < -0.39 is 23.8 Å². The van der Waals surface area contributed by atoms with Gasteiger partial charge in [0.2, 0.25) is 0 Å². The van der Waals surface area contributed by atoms with Crippen molar-refractivity contribution in [2.24, 2.45) is 0 Å². The zero-order chi connectivity index (χ0) is 23.8. The number of amides is 1. The fraction of sp³-hybridized carbons (Fsp3) is 0.250. The van der Waals surface area contributed by atoms with Crippen LogP contribution in [0.2, 0.25) is 0 Å². The predicted octanol–water partition coefficient (Wildman–Crippen LogP) is 5.70. The van der Waals surface area contributed by atoms with Gasteiger partial charge in [0, 0.05) is 9.75 Å². The Kier molecular flexibility index (Phi) is 6.27. The second-order valence-electron chi connectivity index (χ2n) is 7.71. The highest BCUT2D eigenvalue weighted by atomic mass is 32.1. The van der Waals surface area contributed by atoms with E-state index >= 15 is 0 Å². The largest absolute Gasteiger partial charge is 0.478 e. The van der Waals surface area contributed by atoms with Gasteiger partial charge in [-0.15, -0.1) is 11.3 Å². The molecule has 2 heterocycles. The van der Waals surface area contributed by atoms with E-state index in [4.69, 9.17) is 9.84 Å². The average molecular weight is 475 g/mol. The van der Waals surface area contributed by atoms with Crippen molar-refractivity contribution in [2.75, 3.05) is 6.61 Å². The van der Waals surface area contributed by atoms with E-state index in [0.29, 0.717) is 35.6 Å². The third-order valence-corrected chi connectivity index (χ3v) is 6.78. The van der Waals surface area contributed by atoms with Crippen LogP contribution in [0.4, 0.5) is 13.2 Å². The molecule has 0 unspecified atom stereocenters. The number of hydrogen-bond donors (Lipinski definition) is 2. The highest BCUT2D eigenvalue weighted by molar-refractivity contribution is 7.16. The Bertz CT molecular complexity index is 1180. The van der Waals surface area contributed by atoms with Crippen LogP contribution >= 0.6 is 11.3 Å². The summed E-state index contributed by atoms with van der Waals surface area (Å²) in [5.74, 6) is -1.37. The van der Waals surface area contributed by atoms with Gasteiger partial charge in [0.25, 0.3) is 5.91 Å². The minimum absolute atomic E-state index is 0.147. The van der Waals surface area contributed by atoms with Crippen LogP contribution in [0.25, 0.3) is 10.4 Å². The highest BCUT2D eigenvalue weighted by Gasteiger charge is 2.31. The van der Waals surface area contributed by atoms with Crippen LogP contribution in [0, 0.1) is 0 Å². The molecular formula is C24H20F3NO4S. The number of carboxylic acids is 1. The Morgan fingerprint density at radius 3 is 2.36 bits per heavy atom. The van der Waals surface area contributed by atoms with Gasteiger partial charge >= 0.3 is 12.1 Å². The van der Waals surface area contributed by atoms with Gasteiger partial charge < -0.3 is 15.2 Å². The summed E-state index contributed by atoms with van der Waals surface area (Å²) in [5.41, 5.74) is 1.97. The quantitative estimate of drug-likeness (QED) is 0.497. The zero-order valence-corrected chi connectivity index (χ0v) is 18.3. The molecule has 1 aliphatic heterocycles. The van der Waals surface area contributed by atoms with Crippen molar-refractivity contribution < 1.29 is 32.6 Å².